The highest BCUT2D eigenvalue weighted by Crippen LogP contribution is 2.31. The molecule has 0 aliphatic rings. The normalized spacial score (nSPS) is 11.0. The summed E-state index contributed by atoms with van der Waals surface area (Å²) in [5, 5.41) is 4.73. The highest BCUT2D eigenvalue weighted by atomic mass is 79.9. The molecule has 0 amide bonds. The maximum Gasteiger partial charge on any atom is 0.204 e. The van der Waals surface area contributed by atoms with Crippen molar-refractivity contribution in [1.29, 1.82) is 0 Å². The Morgan fingerprint density at radius 3 is 2.68 bits per heavy atom. The van der Waals surface area contributed by atoms with Crippen LogP contribution in [0, 0.1) is 12.7 Å². The van der Waals surface area contributed by atoms with E-state index in [4.69, 9.17) is 4.74 Å². The van der Waals surface area contributed by atoms with Crippen LogP contribution in [0.25, 0.3) is 11.3 Å². The van der Waals surface area contributed by atoms with Crippen molar-refractivity contribution in [1.82, 2.24) is 4.98 Å². The number of anilines is 1. The minimum Gasteiger partial charge on any atom is -0.497 e. The van der Waals surface area contributed by atoms with Crippen molar-refractivity contribution in [3.63, 3.8) is 0 Å². The number of aromatic nitrogens is 1. The van der Waals surface area contributed by atoms with Crippen LogP contribution in [-0.4, -0.2) is 18.3 Å². The number of nitrogens with one attached hydrogen (secondary N) is 1. The molecule has 0 spiro atoms. The molecule has 0 unspecified atom stereocenters. The molecule has 0 saturated heterocycles. The van der Waals surface area contributed by atoms with E-state index in [1.54, 1.807) is 19.2 Å². The van der Waals surface area contributed by atoms with Crippen molar-refractivity contribution in [3.8, 4) is 17.0 Å². The summed E-state index contributed by atoms with van der Waals surface area (Å²) in [6.07, 6.45) is 1.44. The molecule has 0 aliphatic carbocycles. The number of nitrogens with zero attached hydrogens (tertiary/aromatic N) is 2. The Balaban J connectivity index is 1.74. The van der Waals surface area contributed by atoms with Crippen molar-refractivity contribution in [3.05, 3.63) is 63.2 Å². The second-order valence-corrected chi connectivity index (χ2v) is 7.31. The fourth-order valence-corrected chi connectivity index (χ4v) is 3.34. The van der Waals surface area contributed by atoms with Gasteiger partial charge in [0.25, 0.3) is 0 Å². The number of rotatable bonds is 5. The van der Waals surface area contributed by atoms with Crippen LogP contribution in [0.1, 0.15) is 10.4 Å². The van der Waals surface area contributed by atoms with Crippen LogP contribution < -0.4 is 10.2 Å². The van der Waals surface area contributed by atoms with Gasteiger partial charge in [-0.1, -0.05) is 15.9 Å². The van der Waals surface area contributed by atoms with Gasteiger partial charge in [0.2, 0.25) is 5.13 Å². The second kappa shape index (κ2) is 7.76. The number of methoxy groups -OCH3 is 1. The number of ether oxygens (including phenoxy) is 1. The summed E-state index contributed by atoms with van der Waals surface area (Å²) in [5.74, 6) is 0.463. The summed E-state index contributed by atoms with van der Waals surface area (Å²) in [7, 11) is 1.64. The smallest absolute Gasteiger partial charge is 0.204 e. The van der Waals surface area contributed by atoms with Crippen LogP contribution in [0.15, 0.2) is 52.0 Å². The van der Waals surface area contributed by atoms with Crippen LogP contribution in [0.5, 0.6) is 5.75 Å². The number of benzene rings is 2. The first-order chi connectivity index (χ1) is 12.1. The standard InChI is InChI=1S/C18H15BrFN3OS/c1-11-17(12-4-7-15(24-2)8-5-12)22-18(25-11)23-21-10-13-3-6-14(19)9-16(13)20/h3-10H,1-2H3,(H,22,23)/b21-10+. The zero-order valence-corrected chi connectivity index (χ0v) is 16.0. The first kappa shape index (κ1) is 17.6. The van der Waals surface area contributed by atoms with Gasteiger partial charge < -0.3 is 4.74 Å². The van der Waals surface area contributed by atoms with E-state index in [9.17, 15) is 4.39 Å². The SMILES string of the molecule is COc1ccc(-c2nc(N/N=C/c3ccc(Br)cc3F)sc2C)cc1. The highest BCUT2D eigenvalue weighted by molar-refractivity contribution is 9.10. The fourth-order valence-electron chi connectivity index (χ4n) is 2.22. The van der Waals surface area contributed by atoms with Crippen molar-refractivity contribution >= 4 is 38.6 Å². The zero-order chi connectivity index (χ0) is 17.8. The summed E-state index contributed by atoms with van der Waals surface area (Å²) in [6, 6.07) is 12.5. The zero-order valence-electron chi connectivity index (χ0n) is 13.6. The summed E-state index contributed by atoms with van der Waals surface area (Å²) in [6.45, 7) is 2.00. The number of thiazole rings is 1. The minimum atomic E-state index is -0.339. The van der Waals surface area contributed by atoms with Gasteiger partial charge in [-0.3, -0.25) is 5.43 Å². The third-order valence-corrected chi connectivity index (χ3v) is 4.86. The summed E-state index contributed by atoms with van der Waals surface area (Å²) in [5.41, 5.74) is 5.16. The van der Waals surface area contributed by atoms with Gasteiger partial charge in [-0.2, -0.15) is 5.10 Å². The molecule has 2 aromatic carbocycles. The van der Waals surface area contributed by atoms with E-state index in [2.05, 4.69) is 31.4 Å². The van der Waals surface area contributed by atoms with E-state index >= 15 is 0 Å². The molecule has 0 aliphatic heterocycles. The topological polar surface area (TPSA) is 46.5 Å². The van der Waals surface area contributed by atoms with E-state index in [0.29, 0.717) is 15.2 Å². The van der Waals surface area contributed by atoms with Gasteiger partial charge in [-0.05, 0) is 49.4 Å². The monoisotopic (exact) mass is 419 g/mol. The first-order valence-corrected chi connectivity index (χ1v) is 9.04. The molecule has 128 valence electrons. The fraction of sp³-hybridized carbons (Fsp3) is 0.111. The molecule has 1 N–H and O–H groups in total. The Labute approximate surface area is 157 Å². The van der Waals surface area contributed by atoms with E-state index < -0.39 is 0 Å². The van der Waals surface area contributed by atoms with Gasteiger partial charge in [-0.15, -0.1) is 11.3 Å². The molecule has 0 bridgehead atoms. The molecule has 4 nitrogen and oxygen atoms in total. The largest absolute Gasteiger partial charge is 0.497 e. The average molecular weight is 420 g/mol. The van der Waals surface area contributed by atoms with Gasteiger partial charge in [-0.25, -0.2) is 9.37 Å². The summed E-state index contributed by atoms with van der Waals surface area (Å²) < 4.78 is 19.6. The number of hydrogen-bond donors (Lipinski definition) is 1. The molecule has 25 heavy (non-hydrogen) atoms. The quantitative estimate of drug-likeness (QED) is 0.440. The molecule has 0 fully saturated rings. The molecule has 1 aromatic heterocycles. The lowest BCUT2D eigenvalue weighted by Crippen LogP contribution is -1.93. The summed E-state index contributed by atoms with van der Waals surface area (Å²) >= 11 is 4.72. The predicted molar refractivity (Wildman–Crippen MR) is 104 cm³/mol. The highest BCUT2D eigenvalue weighted by Gasteiger charge is 2.09. The van der Waals surface area contributed by atoms with E-state index in [1.807, 2.05) is 31.2 Å². The van der Waals surface area contributed by atoms with Crippen molar-refractivity contribution in [2.75, 3.05) is 12.5 Å². The van der Waals surface area contributed by atoms with Gasteiger partial charge in [0, 0.05) is 20.5 Å². The second-order valence-electron chi connectivity index (χ2n) is 5.19. The molecule has 7 heteroatoms. The van der Waals surface area contributed by atoms with Crippen molar-refractivity contribution in [2.24, 2.45) is 5.10 Å². The molecule has 0 atom stereocenters. The molecule has 1 heterocycles. The molecular formula is C18H15BrFN3OS. The lowest BCUT2D eigenvalue weighted by molar-refractivity contribution is 0.415. The first-order valence-electron chi connectivity index (χ1n) is 7.43. The number of hydrazone groups is 1. The Bertz CT molecular complexity index is 909. The third kappa shape index (κ3) is 4.24. The number of aryl methyl sites for hydroxylation is 1. The van der Waals surface area contributed by atoms with Gasteiger partial charge in [0.1, 0.15) is 11.6 Å². The van der Waals surface area contributed by atoms with Crippen LogP contribution in [0.4, 0.5) is 9.52 Å². The van der Waals surface area contributed by atoms with E-state index in [0.717, 1.165) is 21.9 Å². The summed E-state index contributed by atoms with van der Waals surface area (Å²) in [4.78, 5) is 5.62. The average Bonchev–Trinajstić information content (AvgIpc) is 2.97. The lowest BCUT2D eigenvalue weighted by Gasteiger charge is -2.01. The van der Waals surface area contributed by atoms with Gasteiger partial charge >= 0.3 is 0 Å². The Morgan fingerprint density at radius 1 is 1.24 bits per heavy atom. The van der Waals surface area contributed by atoms with Crippen molar-refractivity contribution in [2.45, 2.75) is 6.92 Å². The van der Waals surface area contributed by atoms with E-state index in [-0.39, 0.29) is 5.82 Å². The van der Waals surface area contributed by atoms with E-state index in [1.165, 1.54) is 23.6 Å². The van der Waals surface area contributed by atoms with Crippen LogP contribution in [0.3, 0.4) is 0 Å². The lowest BCUT2D eigenvalue weighted by atomic mass is 10.1. The Kier molecular flexibility index (Phi) is 5.45. The van der Waals surface area contributed by atoms with Crippen LogP contribution in [-0.2, 0) is 0 Å². The molecule has 0 radical (unpaired) electrons. The van der Waals surface area contributed by atoms with Crippen molar-refractivity contribution < 1.29 is 9.13 Å². The Hall–Kier alpha value is -2.25. The molecule has 0 saturated carbocycles. The van der Waals surface area contributed by atoms with Gasteiger partial charge in [0.05, 0.1) is 19.0 Å². The maximum absolute atomic E-state index is 13.8. The maximum atomic E-state index is 13.8. The molecular weight excluding hydrogens is 405 g/mol. The van der Waals surface area contributed by atoms with Gasteiger partial charge in [0.15, 0.2) is 0 Å². The molecule has 3 rings (SSSR count). The van der Waals surface area contributed by atoms with Crippen LogP contribution in [0.2, 0.25) is 0 Å². The number of halogens is 2. The number of hydrogen-bond acceptors (Lipinski definition) is 5. The predicted octanol–water partition coefficient (Wildman–Crippen LogP) is 5.47. The molecule has 3 aromatic rings. The minimum absolute atomic E-state index is 0.339. The van der Waals surface area contributed by atoms with Crippen LogP contribution >= 0.6 is 27.3 Å². The third-order valence-electron chi connectivity index (χ3n) is 3.49. The Morgan fingerprint density at radius 2 is 2.00 bits per heavy atom.